The number of aromatic nitrogens is 1. The number of rotatable bonds is 4. The molecule has 3 heteroatoms. The van der Waals surface area contributed by atoms with E-state index in [1.165, 1.54) is 55.6 Å². The van der Waals surface area contributed by atoms with Crippen molar-refractivity contribution < 1.29 is 0 Å². The smallest absolute Gasteiger partial charge is 0.0947 e. The molecule has 0 saturated heterocycles. The minimum Gasteiger partial charge on any atom is -0.338 e. The normalized spacial score (nSPS) is 20.4. The van der Waals surface area contributed by atoms with Crippen molar-refractivity contribution in [2.24, 2.45) is 0 Å². The third-order valence-electron chi connectivity index (χ3n) is 9.96. The molecule has 3 nitrogen and oxygen atoms in total. The lowest BCUT2D eigenvalue weighted by atomic mass is 9.71. The van der Waals surface area contributed by atoms with E-state index < -0.39 is 0 Å². The molecule has 0 spiro atoms. The van der Waals surface area contributed by atoms with Crippen molar-refractivity contribution in [2.75, 3.05) is 4.90 Å². The lowest BCUT2D eigenvalue weighted by Crippen LogP contribution is -2.34. The largest absolute Gasteiger partial charge is 0.338 e. The highest BCUT2D eigenvalue weighted by Gasteiger charge is 2.37. The van der Waals surface area contributed by atoms with Gasteiger partial charge in [0.05, 0.1) is 23.1 Å². The number of anilines is 1. The second kappa shape index (κ2) is 9.89. The van der Waals surface area contributed by atoms with Gasteiger partial charge in [0.2, 0.25) is 0 Å². The summed E-state index contributed by atoms with van der Waals surface area (Å²) in [5.74, 6) is 0. The van der Waals surface area contributed by atoms with E-state index in [9.17, 15) is 5.26 Å². The van der Waals surface area contributed by atoms with E-state index in [4.69, 9.17) is 0 Å². The summed E-state index contributed by atoms with van der Waals surface area (Å²) in [4.78, 5) is 2.51. The molecule has 0 N–H and O–H groups in total. The predicted octanol–water partition coefficient (Wildman–Crippen LogP) is 9.99. The van der Waals surface area contributed by atoms with Crippen molar-refractivity contribution in [3.8, 4) is 6.07 Å². The Balaban J connectivity index is 1.28. The molecule has 0 radical (unpaired) electrons. The van der Waals surface area contributed by atoms with Gasteiger partial charge >= 0.3 is 0 Å². The summed E-state index contributed by atoms with van der Waals surface area (Å²) >= 11 is 0. The number of benzene rings is 3. The van der Waals surface area contributed by atoms with Crippen LogP contribution in [0, 0.1) is 11.3 Å². The summed E-state index contributed by atoms with van der Waals surface area (Å²) in [5, 5.41) is 12.1. The molecule has 8 rings (SSSR count). The molecule has 43 heavy (non-hydrogen) atoms. The Morgan fingerprint density at radius 1 is 0.907 bits per heavy atom. The number of allylic oxidation sites excluding steroid dienone is 10. The van der Waals surface area contributed by atoms with Gasteiger partial charge in [0.15, 0.2) is 0 Å². The highest BCUT2D eigenvalue weighted by molar-refractivity contribution is 6.14. The van der Waals surface area contributed by atoms with E-state index >= 15 is 0 Å². The van der Waals surface area contributed by atoms with Crippen LogP contribution >= 0.6 is 0 Å². The van der Waals surface area contributed by atoms with Crippen molar-refractivity contribution in [3.05, 3.63) is 137 Å². The van der Waals surface area contributed by atoms with Gasteiger partial charge in [0.25, 0.3) is 0 Å². The van der Waals surface area contributed by atoms with Gasteiger partial charge in [-0.2, -0.15) is 5.26 Å². The fourth-order valence-corrected chi connectivity index (χ4v) is 7.75. The predicted molar refractivity (Wildman–Crippen MR) is 180 cm³/mol. The molecular formula is C40H35N3. The van der Waals surface area contributed by atoms with Gasteiger partial charge in [-0.1, -0.05) is 86.7 Å². The first-order valence-electron chi connectivity index (χ1n) is 15.6. The molecule has 4 aromatic rings. The van der Waals surface area contributed by atoms with Gasteiger partial charge in [-0.3, -0.25) is 0 Å². The maximum absolute atomic E-state index is 9.52. The van der Waals surface area contributed by atoms with E-state index in [2.05, 4.69) is 133 Å². The molecule has 0 amide bonds. The van der Waals surface area contributed by atoms with E-state index in [0.717, 1.165) is 37.7 Å². The summed E-state index contributed by atoms with van der Waals surface area (Å²) in [7, 11) is 0. The molecule has 1 aliphatic heterocycles. The van der Waals surface area contributed by atoms with Crippen LogP contribution < -0.4 is 4.90 Å². The number of nitriles is 1. The summed E-state index contributed by atoms with van der Waals surface area (Å²) in [6.45, 7) is 4.80. The zero-order chi connectivity index (χ0) is 29.1. The van der Waals surface area contributed by atoms with E-state index in [0.29, 0.717) is 0 Å². The third kappa shape index (κ3) is 4.01. The second-order valence-corrected chi connectivity index (χ2v) is 12.7. The van der Waals surface area contributed by atoms with Crippen LogP contribution in [0.1, 0.15) is 57.1 Å². The number of hydrogen-bond donors (Lipinski definition) is 0. The van der Waals surface area contributed by atoms with Crippen molar-refractivity contribution in [1.29, 1.82) is 5.26 Å². The Morgan fingerprint density at radius 3 is 2.56 bits per heavy atom. The molecule has 1 atom stereocenters. The van der Waals surface area contributed by atoms with Gasteiger partial charge in [0.1, 0.15) is 0 Å². The van der Waals surface area contributed by atoms with Crippen molar-refractivity contribution in [2.45, 2.75) is 57.4 Å². The monoisotopic (exact) mass is 557 g/mol. The van der Waals surface area contributed by atoms with Crippen LogP contribution in [-0.2, 0) is 5.41 Å². The highest BCUT2D eigenvalue weighted by Crippen LogP contribution is 2.50. The SMILES string of the molecule is CC1(C)C2=C(C=CCC2)n2c3ccc(N(C4=CC=C(C#N)CC4)C4C=CC(c5ccccc5)=CC4)cc3c3cccc1c32. The molecule has 1 aromatic heterocycles. The first-order valence-corrected chi connectivity index (χ1v) is 15.6. The molecule has 2 heterocycles. The maximum Gasteiger partial charge on any atom is 0.0947 e. The first-order chi connectivity index (χ1) is 21.0. The lowest BCUT2D eigenvalue weighted by molar-refractivity contribution is 0.585. The molecule has 210 valence electrons. The Kier molecular flexibility index (Phi) is 5.95. The van der Waals surface area contributed by atoms with Gasteiger partial charge in [-0.05, 0) is 90.8 Å². The molecular weight excluding hydrogens is 522 g/mol. The van der Waals surface area contributed by atoms with Crippen LogP contribution in [0.25, 0.3) is 33.1 Å². The number of para-hydroxylation sites is 1. The number of hydrogen-bond acceptors (Lipinski definition) is 2. The lowest BCUT2D eigenvalue weighted by Gasteiger charge is -2.37. The van der Waals surface area contributed by atoms with Crippen LogP contribution in [0.2, 0.25) is 0 Å². The fraction of sp³-hybridized carbons (Fsp3) is 0.225. The summed E-state index contributed by atoms with van der Waals surface area (Å²) in [6, 6.07) is 27.1. The summed E-state index contributed by atoms with van der Waals surface area (Å²) < 4.78 is 2.53. The number of fused-ring (bicyclic) bond motifs is 4. The molecule has 0 saturated carbocycles. The second-order valence-electron chi connectivity index (χ2n) is 12.7. The van der Waals surface area contributed by atoms with Crippen molar-refractivity contribution >= 4 is 38.8 Å². The molecule has 1 unspecified atom stereocenters. The topological polar surface area (TPSA) is 32.0 Å². The molecule has 0 bridgehead atoms. The van der Waals surface area contributed by atoms with Crippen LogP contribution in [0.4, 0.5) is 5.69 Å². The summed E-state index contributed by atoms with van der Waals surface area (Å²) in [6.07, 6.45) is 20.7. The molecule has 3 aliphatic carbocycles. The van der Waals surface area contributed by atoms with Crippen molar-refractivity contribution in [3.63, 3.8) is 0 Å². The maximum atomic E-state index is 9.52. The fourth-order valence-electron chi connectivity index (χ4n) is 7.75. The van der Waals surface area contributed by atoms with Crippen LogP contribution in [0.15, 0.2) is 126 Å². The van der Waals surface area contributed by atoms with E-state index in [-0.39, 0.29) is 11.5 Å². The van der Waals surface area contributed by atoms with Crippen LogP contribution in [0.5, 0.6) is 0 Å². The third-order valence-corrected chi connectivity index (χ3v) is 9.96. The Labute approximate surface area is 253 Å². The average Bonchev–Trinajstić information content (AvgIpc) is 3.39. The van der Waals surface area contributed by atoms with Gasteiger partial charge in [-0.15, -0.1) is 0 Å². The average molecular weight is 558 g/mol. The Morgan fingerprint density at radius 2 is 1.79 bits per heavy atom. The number of nitrogens with zero attached hydrogens (tertiary/aromatic N) is 3. The van der Waals surface area contributed by atoms with Gasteiger partial charge in [-0.25, -0.2) is 0 Å². The van der Waals surface area contributed by atoms with E-state index in [1.54, 1.807) is 5.57 Å². The van der Waals surface area contributed by atoms with Gasteiger partial charge < -0.3 is 9.47 Å². The zero-order valence-electron chi connectivity index (χ0n) is 24.8. The molecule has 4 aliphatic rings. The first kappa shape index (κ1) is 25.9. The molecule has 0 fully saturated rings. The Bertz CT molecular complexity index is 2030. The Hall–Kier alpha value is -4.81. The minimum atomic E-state index is 0.00618. The highest BCUT2D eigenvalue weighted by atomic mass is 15.2. The van der Waals surface area contributed by atoms with E-state index in [1.807, 2.05) is 6.08 Å². The summed E-state index contributed by atoms with van der Waals surface area (Å²) in [5.41, 5.74) is 12.8. The van der Waals surface area contributed by atoms with Gasteiger partial charge in [0, 0.05) is 38.8 Å². The standard InChI is InChI=1S/C40H35N3/c1-40(2)35-12-6-7-14-38(35)43-37-24-23-32(25-34(37)33-11-8-13-36(40)39(33)43)42(30-19-15-27(26-41)16-20-30)31-21-17-29(18-22-31)28-9-4-3-5-10-28/h3-5,7-11,13-15,17-19,21,23-25,31H,6,12,16,20,22H2,1-2H3. The van der Waals surface area contributed by atoms with Crippen molar-refractivity contribution in [1.82, 2.24) is 4.57 Å². The quantitative estimate of drug-likeness (QED) is 0.250. The molecule has 3 aromatic carbocycles. The zero-order valence-corrected chi connectivity index (χ0v) is 24.8. The minimum absolute atomic E-state index is 0.00618. The van der Waals surface area contributed by atoms with Crippen LogP contribution in [-0.4, -0.2) is 10.6 Å². The van der Waals surface area contributed by atoms with Crippen LogP contribution in [0.3, 0.4) is 0 Å².